The Morgan fingerprint density at radius 1 is 1.21 bits per heavy atom. The Morgan fingerprint density at radius 2 is 1.86 bits per heavy atom. The molecule has 0 unspecified atom stereocenters. The summed E-state index contributed by atoms with van der Waals surface area (Å²) < 4.78 is 1.02. The molecule has 0 aromatic heterocycles. The quantitative estimate of drug-likeness (QED) is 0.643. The Hall–Kier alpha value is -2.32. The van der Waals surface area contributed by atoms with E-state index in [1.807, 2.05) is 73.3 Å². The SMILES string of the molecule is C[C@@H](c1ccc(Br)cc1)N1CC[C@@](CC(C)(C)C#N)(c2ccccc2)NC1=O. The van der Waals surface area contributed by atoms with E-state index in [1.54, 1.807) is 0 Å². The summed E-state index contributed by atoms with van der Waals surface area (Å²) in [6.45, 7) is 6.55. The van der Waals surface area contributed by atoms with Crippen molar-refractivity contribution in [3.05, 3.63) is 70.2 Å². The van der Waals surface area contributed by atoms with Crippen LogP contribution in [0, 0.1) is 16.7 Å². The number of nitrogens with one attached hydrogen (secondary N) is 1. The molecule has 4 nitrogen and oxygen atoms in total. The van der Waals surface area contributed by atoms with Crippen LogP contribution >= 0.6 is 15.9 Å². The van der Waals surface area contributed by atoms with Gasteiger partial charge in [-0.25, -0.2) is 4.79 Å². The number of amides is 2. The molecule has 1 aliphatic heterocycles. The fraction of sp³-hybridized carbons (Fsp3) is 0.391. The van der Waals surface area contributed by atoms with Crippen molar-refractivity contribution in [2.24, 2.45) is 5.41 Å². The smallest absolute Gasteiger partial charge is 0.318 e. The predicted octanol–water partition coefficient (Wildman–Crippen LogP) is 5.76. The summed E-state index contributed by atoms with van der Waals surface area (Å²) in [7, 11) is 0. The number of urea groups is 1. The summed E-state index contributed by atoms with van der Waals surface area (Å²) >= 11 is 3.46. The van der Waals surface area contributed by atoms with Crippen molar-refractivity contribution >= 4 is 22.0 Å². The number of carbonyl (C=O) groups excluding carboxylic acids is 1. The molecule has 1 heterocycles. The Bertz CT molecular complexity index is 873. The average Bonchev–Trinajstić information content (AvgIpc) is 2.68. The van der Waals surface area contributed by atoms with E-state index < -0.39 is 11.0 Å². The van der Waals surface area contributed by atoms with Crippen LogP contribution in [0.2, 0.25) is 0 Å². The normalized spacial score (nSPS) is 21.0. The molecule has 1 aliphatic rings. The molecule has 2 atom stereocenters. The standard InChI is InChI=1S/C23H26BrN3O/c1-17(18-9-11-20(24)12-10-18)27-14-13-23(26-21(27)28,15-22(2,3)16-25)19-7-5-4-6-8-19/h4-12,17H,13-15H2,1-3H3,(H,26,28)/t17-,23+/m0/s1. The van der Waals surface area contributed by atoms with E-state index >= 15 is 0 Å². The van der Waals surface area contributed by atoms with Crippen LogP contribution in [-0.4, -0.2) is 17.5 Å². The highest BCUT2D eigenvalue weighted by Gasteiger charge is 2.44. The zero-order valence-electron chi connectivity index (χ0n) is 16.6. The van der Waals surface area contributed by atoms with Crippen LogP contribution in [0.3, 0.4) is 0 Å². The minimum absolute atomic E-state index is 0.0224. The molecule has 2 aromatic carbocycles. The fourth-order valence-electron chi connectivity index (χ4n) is 4.04. The van der Waals surface area contributed by atoms with Gasteiger partial charge in [0.1, 0.15) is 0 Å². The molecule has 3 rings (SSSR count). The van der Waals surface area contributed by atoms with Crippen molar-refractivity contribution in [2.45, 2.75) is 45.2 Å². The van der Waals surface area contributed by atoms with Gasteiger partial charge >= 0.3 is 6.03 Å². The third kappa shape index (κ3) is 4.23. The number of hydrogen-bond donors (Lipinski definition) is 1. The van der Waals surface area contributed by atoms with Crippen molar-refractivity contribution < 1.29 is 4.79 Å². The molecule has 146 valence electrons. The van der Waals surface area contributed by atoms with Crippen molar-refractivity contribution in [1.29, 1.82) is 5.26 Å². The van der Waals surface area contributed by atoms with E-state index in [-0.39, 0.29) is 12.1 Å². The first-order chi connectivity index (χ1) is 13.3. The molecule has 0 aliphatic carbocycles. The molecule has 1 fully saturated rings. The number of benzene rings is 2. The van der Waals surface area contributed by atoms with Gasteiger partial charge in [-0.05, 0) is 56.9 Å². The molecular formula is C23H26BrN3O. The second-order valence-electron chi connectivity index (χ2n) is 8.22. The average molecular weight is 440 g/mol. The molecule has 0 bridgehead atoms. The third-order valence-electron chi connectivity index (χ3n) is 5.58. The second kappa shape index (κ2) is 7.97. The third-order valence-corrected chi connectivity index (χ3v) is 6.11. The minimum atomic E-state index is -0.539. The van der Waals surface area contributed by atoms with E-state index in [0.29, 0.717) is 13.0 Å². The maximum atomic E-state index is 13.2. The highest BCUT2D eigenvalue weighted by molar-refractivity contribution is 9.10. The van der Waals surface area contributed by atoms with Crippen LogP contribution in [0.1, 0.15) is 50.8 Å². The number of nitriles is 1. The van der Waals surface area contributed by atoms with Crippen LogP contribution < -0.4 is 5.32 Å². The summed E-state index contributed by atoms with van der Waals surface area (Å²) in [5, 5.41) is 12.9. The van der Waals surface area contributed by atoms with Crippen LogP contribution in [-0.2, 0) is 5.54 Å². The summed E-state index contributed by atoms with van der Waals surface area (Å²) in [6.07, 6.45) is 1.33. The van der Waals surface area contributed by atoms with Crippen molar-refractivity contribution in [1.82, 2.24) is 10.2 Å². The first-order valence-electron chi connectivity index (χ1n) is 9.57. The van der Waals surface area contributed by atoms with Crippen LogP contribution in [0.25, 0.3) is 0 Å². The highest BCUT2D eigenvalue weighted by Crippen LogP contribution is 2.40. The van der Waals surface area contributed by atoms with E-state index in [0.717, 1.165) is 22.0 Å². The van der Waals surface area contributed by atoms with Gasteiger partial charge < -0.3 is 10.2 Å². The van der Waals surface area contributed by atoms with Crippen LogP contribution in [0.4, 0.5) is 4.79 Å². The molecule has 2 amide bonds. The first kappa shape index (κ1) is 20.4. The molecule has 2 aromatic rings. The van der Waals surface area contributed by atoms with E-state index in [1.165, 1.54) is 0 Å². The molecule has 0 spiro atoms. The number of halogens is 1. The Morgan fingerprint density at radius 3 is 2.43 bits per heavy atom. The zero-order chi connectivity index (χ0) is 20.4. The van der Waals surface area contributed by atoms with Gasteiger partial charge in [-0.3, -0.25) is 0 Å². The molecule has 1 N–H and O–H groups in total. The number of rotatable bonds is 5. The zero-order valence-corrected chi connectivity index (χ0v) is 18.2. The summed E-state index contributed by atoms with van der Waals surface area (Å²) in [6, 6.07) is 20.4. The molecular weight excluding hydrogens is 414 g/mol. The van der Waals surface area contributed by atoms with Gasteiger partial charge in [0.25, 0.3) is 0 Å². The second-order valence-corrected chi connectivity index (χ2v) is 9.14. The van der Waals surface area contributed by atoms with Gasteiger partial charge in [0.15, 0.2) is 0 Å². The van der Waals surface area contributed by atoms with Gasteiger partial charge in [-0.2, -0.15) is 5.26 Å². The monoisotopic (exact) mass is 439 g/mol. The Labute approximate surface area is 175 Å². The molecule has 28 heavy (non-hydrogen) atoms. The van der Waals surface area contributed by atoms with E-state index in [2.05, 4.69) is 34.2 Å². The lowest BCUT2D eigenvalue weighted by molar-refractivity contribution is 0.109. The molecule has 5 heteroatoms. The van der Waals surface area contributed by atoms with Gasteiger partial charge in [0.05, 0.1) is 23.1 Å². The topological polar surface area (TPSA) is 56.1 Å². The van der Waals surface area contributed by atoms with Crippen LogP contribution in [0.5, 0.6) is 0 Å². The van der Waals surface area contributed by atoms with Gasteiger partial charge in [0.2, 0.25) is 0 Å². The minimum Gasteiger partial charge on any atom is -0.328 e. The molecule has 1 saturated heterocycles. The van der Waals surface area contributed by atoms with Crippen molar-refractivity contribution in [3.8, 4) is 6.07 Å². The van der Waals surface area contributed by atoms with Gasteiger partial charge in [-0.15, -0.1) is 0 Å². The predicted molar refractivity (Wildman–Crippen MR) is 115 cm³/mol. The lowest BCUT2D eigenvalue weighted by Crippen LogP contribution is -2.59. The maximum absolute atomic E-state index is 13.2. The van der Waals surface area contributed by atoms with Crippen molar-refractivity contribution in [2.75, 3.05) is 6.54 Å². The summed E-state index contributed by atoms with van der Waals surface area (Å²) in [5.74, 6) is 0. The van der Waals surface area contributed by atoms with Gasteiger partial charge in [0, 0.05) is 11.0 Å². The van der Waals surface area contributed by atoms with E-state index in [4.69, 9.17) is 0 Å². The lowest BCUT2D eigenvalue weighted by atomic mass is 9.73. The number of hydrogen-bond acceptors (Lipinski definition) is 2. The van der Waals surface area contributed by atoms with Gasteiger partial charge in [-0.1, -0.05) is 58.4 Å². The fourth-order valence-corrected chi connectivity index (χ4v) is 4.31. The van der Waals surface area contributed by atoms with E-state index in [9.17, 15) is 10.1 Å². The summed E-state index contributed by atoms with van der Waals surface area (Å²) in [5.41, 5.74) is 1.08. The largest absolute Gasteiger partial charge is 0.328 e. The van der Waals surface area contributed by atoms with Crippen molar-refractivity contribution in [3.63, 3.8) is 0 Å². The van der Waals surface area contributed by atoms with Crippen LogP contribution in [0.15, 0.2) is 59.1 Å². The highest BCUT2D eigenvalue weighted by atomic mass is 79.9. The summed E-state index contributed by atoms with van der Waals surface area (Å²) in [4.78, 5) is 15.0. The molecule has 0 radical (unpaired) electrons. The maximum Gasteiger partial charge on any atom is 0.318 e. The first-order valence-corrected chi connectivity index (χ1v) is 10.4. The number of carbonyl (C=O) groups is 1. The Balaban J connectivity index is 1.88. The molecule has 0 saturated carbocycles. The lowest BCUT2D eigenvalue weighted by Gasteiger charge is -2.46. The number of nitrogens with zero attached hydrogens (tertiary/aromatic N) is 2. The Kier molecular flexibility index (Phi) is 5.81.